The number of carbonyl (C=O) groups excluding carboxylic acids is 2. The van der Waals surface area contributed by atoms with Crippen LogP contribution in [0.2, 0.25) is 10.0 Å². The molecule has 2 aromatic carbocycles. The van der Waals surface area contributed by atoms with Crippen molar-refractivity contribution in [2.45, 2.75) is 23.0 Å². The van der Waals surface area contributed by atoms with Crippen molar-refractivity contribution >= 4 is 68.9 Å². The molecule has 9 heteroatoms. The van der Waals surface area contributed by atoms with Gasteiger partial charge in [0, 0.05) is 38.9 Å². The highest BCUT2D eigenvalue weighted by Crippen LogP contribution is 2.37. The number of thiazole rings is 1. The highest BCUT2D eigenvalue weighted by molar-refractivity contribution is 8.01. The Kier molecular flexibility index (Phi) is 6.10. The predicted molar refractivity (Wildman–Crippen MR) is 119 cm³/mol. The number of hydrogen-bond acceptors (Lipinski definition) is 5. The molecule has 2 heterocycles. The Bertz CT molecular complexity index is 1070. The Balaban J connectivity index is 1.38. The molecular weight excluding hydrogens is 449 g/mol. The number of hydrogen-bond donors (Lipinski definition) is 2. The number of halogens is 2. The average Bonchev–Trinajstić information content (AvgIpc) is 3.12. The molecule has 0 unspecified atom stereocenters. The van der Waals surface area contributed by atoms with Gasteiger partial charge in [0.15, 0.2) is 5.13 Å². The fourth-order valence-corrected chi connectivity index (χ4v) is 5.37. The minimum Gasteiger partial charge on any atom is -0.324 e. The summed E-state index contributed by atoms with van der Waals surface area (Å²) in [6.07, 6.45) is 2.29. The van der Waals surface area contributed by atoms with Crippen LogP contribution in [0.25, 0.3) is 0 Å². The zero-order valence-corrected chi connectivity index (χ0v) is 18.1. The molecule has 0 aliphatic carbocycles. The molecule has 2 N–H and O–H groups in total. The van der Waals surface area contributed by atoms with Crippen LogP contribution in [-0.4, -0.2) is 22.0 Å². The van der Waals surface area contributed by atoms with E-state index in [1.54, 1.807) is 24.4 Å². The quantitative estimate of drug-likeness (QED) is 0.525. The number of carbonyl (C=O) groups is 2. The third kappa shape index (κ3) is 4.75. The summed E-state index contributed by atoms with van der Waals surface area (Å²) >= 11 is 15.2. The highest BCUT2D eigenvalue weighted by Gasteiger charge is 2.29. The summed E-state index contributed by atoms with van der Waals surface area (Å²) in [7, 11) is 0. The Morgan fingerprint density at radius 3 is 2.69 bits per heavy atom. The first kappa shape index (κ1) is 20.2. The lowest BCUT2D eigenvalue weighted by molar-refractivity contribution is -0.120. The molecule has 4 rings (SSSR count). The molecule has 0 fully saturated rings. The second-order valence-electron chi connectivity index (χ2n) is 6.35. The van der Waals surface area contributed by atoms with Crippen molar-refractivity contribution in [3.05, 3.63) is 69.1 Å². The number of nitrogens with one attached hydrogen (secondary N) is 2. The average molecular weight is 464 g/mol. The molecule has 1 aliphatic rings. The van der Waals surface area contributed by atoms with Crippen molar-refractivity contribution in [3.8, 4) is 0 Å². The van der Waals surface area contributed by atoms with E-state index in [2.05, 4.69) is 15.6 Å². The smallest absolute Gasteiger partial charge is 0.238 e. The molecule has 3 aromatic rings. The minimum atomic E-state index is -0.480. The summed E-state index contributed by atoms with van der Waals surface area (Å²) in [5.74, 6) is -0.425. The number of rotatable bonds is 5. The predicted octanol–water partition coefficient (Wildman–Crippen LogP) is 5.48. The highest BCUT2D eigenvalue weighted by atomic mass is 35.5. The third-order valence-electron chi connectivity index (χ3n) is 4.29. The topological polar surface area (TPSA) is 71.1 Å². The number of para-hydroxylation sites is 1. The fraction of sp³-hybridized carbons (Fsp3) is 0.150. The van der Waals surface area contributed by atoms with Gasteiger partial charge < -0.3 is 10.6 Å². The Labute approximate surface area is 185 Å². The Hall–Kier alpha value is -2.06. The van der Waals surface area contributed by atoms with E-state index >= 15 is 0 Å². The number of nitrogens with zero attached hydrogens (tertiary/aromatic N) is 1. The van der Waals surface area contributed by atoms with E-state index in [4.69, 9.17) is 23.2 Å². The van der Waals surface area contributed by atoms with E-state index in [-0.39, 0.29) is 18.2 Å². The van der Waals surface area contributed by atoms with Crippen molar-refractivity contribution in [3.63, 3.8) is 0 Å². The molecule has 0 saturated heterocycles. The van der Waals surface area contributed by atoms with Crippen molar-refractivity contribution in [1.82, 2.24) is 4.98 Å². The van der Waals surface area contributed by atoms with Gasteiger partial charge >= 0.3 is 0 Å². The van der Waals surface area contributed by atoms with Gasteiger partial charge in [0.1, 0.15) is 0 Å². The van der Waals surface area contributed by atoms with Gasteiger partial charge in [0.25, 0.3) is 0 Å². The second-order valence-corrected chi connectivity index (χ2v) is 9.53. The van der Waals surface area contributed by atoms with Crippen molar-refractivity contribution < 1.29 is 9.59 Å². The van der Waals surface area contributed by atoms with E-state index in [1.165, 1.54) is 23.1 Å². The summed E-state index contributed by atoms with van der Waals surface area (Å²) in [6, 6.07) is 12.9. The number of thioether (sulfide) groups is 1. The van der Waals surface area contributed by atoms with Crippen LogP contribution in [0.15, 0.2) is 53.6 Å². The van der Waals surface area contributed by atoms with Gasteiger partial charge in [0.2, 0.25) is 11.8 Å². The lowest BCUT2D eigenvalue weighted by atomic mass is 10.1. The maximum absolute atomic E-state index is 12.4. The van der Waals surface area contributed by atoms with Crippen LogP contribution in [0.3, 0.4) is 0 Å². The monoisotopic (exact) mass is 463 g/mol. The fourth-order valence-electron chi connectivity index (χ4n) is 2.89. The molecular formula is C20H15Cl2N3O2S2. The van der Waals surface area contributed by atoms with E-state index in [9.17, 15) is 9.59 Å². The summed E-state index contributed by atoms with van der Waals surface area (Å²) in [6.45, 7) is 0. The van der Waals surface area contributed by atoms with Gasteiger partial charge in [0.05, 0.1) is 10.9 Å². The number of benzene rings is 2. The maximum Gasteiger partial charge on any atom is 0.238 e. The zero-order chi connectivity index (χ0) is 20.4. The largest absolute Gasteiger partial charge is 0.324 e. The number of anilines is 2. The Morgan fingerprint density at radius 2 is 1.90 bits per heavy atom. The number of aromatic nitrogens is 1. The summed E-state index contributed by atoms with van der Waals surface area (Å²) < 4.78 is 0. The van der Waals surface area contributed by atoms with Gasteiger partial charge in [-0.25, -0.2) is 4.98 Å². The molecule has 5 nitrogen and oxygen atoms in total. The van der Waals surface area contributed by atoms with Gasteiger partial charge in [-0.05, 0) is 29.8 Å². The van der Waals surface area contributed by atoms with Crippen LogP contribution in [-0.2, 0) is 16.0 Å². The lowest BCUT2D eigenvalue weighted by Crippen LogP contribution is -2.32. The van der Waals surface area contributed by atoms with Crippen LogP contribution < -0.4 is 10.6 Å². The molecule has 2 amide bonds. The van der Waals surface area contributed by atoms with Crippen LogP contribution in [0.5, 0.6) is 0 Å². The molecule has 1 aromatic heterocycles. The summed E-state index contributed by atoms with van der Waals surface area (Å²) in [5, 5.41) is 6.81. The molecule has 0 bridgehead atoms. The first-order valence-electron chi connectivity index (χ1n) is 8.73. The Morgan fingerprint density at radius 1 is 1.14 bits per heavy atom. The molecule has 29 heavy (non-hydrogen) atoms. The van der Waals surface area contributed by atoms with Crippen molar-refractivity contribution in [1.29, 1.82) is 0 Å². The normalized spacial score (nSPS) is 15.5. The van der Waals surface area contributed by atoms with E-state index in [0.717, 1.165) is 21.0 Å². The second kappa shape index (κ2) is 8.75. The van der Waals surface area contributed by atoms with E-state index in [0.29, 0.717) is 21.6 Å². The minimum absolute atomic E-state index is 0.0656. The first-order valence-corrected chi connectivity index (χ1v) is 11.2. The summed E-state index contributed by atoms with van der Waals surface area (Å²) in [5.41, 5.74) is 1.60. The van der Waals surface area contributed by atoms with Crippen molar-refractivity contribution in [2.24, 2.45) is 0 Å². The van der Waals surface area contributed by atoms with Crippen molar-refractivity contribution in [2.75, 3.05) is 10.6 Å². The van der Waals surface area contributed by atoms with Crippen LogP contribution in [0.1, 0.15) is 16.9 Å². The van der Waals surface area contributed by atoms with E-state index < -0.39 is 5.25 Å². The number of fused-ring (bicyclic) bond motifs is 1. The molecule has 0 radical (unpaired) electrons. The van der Waals surface area contributed by atoms with Gasteiger partial charge in [-0.15, -0.1) is 23.1 Å². The number of amides is 2. The van der Waals surface area contributed by atoms with Gasteiger partial charge in [-0.1, -0.05) is 41.4 Å². The lowest BCUT2D eigenvalue weighted by Gasteiger charge is -2.23. The van der Waals surface area contributed by atoms with E-state index in [1.807, 2.05) is 24.3 Å². The zero-order valence-electron chi connectivity index (χ0n) is 14.9. The SMILES string of the molecule is O=C(C[C@@H]1Sc2ccccc2NC1=O)Nc1ncc(Cc2c(Cl)cccc2Cl)s1. The van der Waals surface area contributed by atoms with Crippen LogP contribution in [0.4, 0.5) is 10.8 Å². The maximum atomic E-state index is 12.4. The van der Waals surface area contributed by atoms with Gasteiger partial charge in [-0.2, -0.15) is 0 Å². The molecule has 0 spiro atoms. The van der Waals surface area contributed by atoms with Crippen LogP contribution >= 0.6 is 46.3 Å². The first-order chi connectivity index (χ1) is 14.0. The molecule has 1 aliphatic heterocycles. The third-order valence-corrected chi connectivity index (χ3v) is 7.19. The molecule has 148 valence electrons. The summed E-state index contributed by atoms with van der Waals surface area (Å²) in [4.78, 5) is 30.8. The van der Waals surface area contributed by atoms with Crippen LogP contribution in [0, 0.1) is 0 Å². The molecule has 1 atom stereocenters. The molecule has 0 saturated carbocycles. The standard InChI is InChI=1S/C20H15Cl2N3O2S2/c21-13-4-3-5-14(22)12(13)8-11-10-23-20(28-11)25-18(26)9-17-19(27)24-15-6-1-2-7-16(15)29-17/h1-7,10,17H,8-9H2,(H,24,27)(H,23,25,26)/t17-/m0/s1. The van der Waals surface area contributed by atoms with Gasteiger partial charge in [-0.3, -0.25) is 9.59 Å².